The average molecular weight is 519 g/mol. The van der Waals surface area contributed by atoms with E-state index in [1.165, 1.54) is 19.3 Å². The van der Waals surface area contributed by atoms with Gasteiger partial charge in [0.1, 0.15) is 24.4 Å². The first-order valence-electron chi connectivity index (χ1n) is 13.7. The minimum Gasteiger partial charge on any atom is -0.547 e. The van der Waals surface area contributed by atoms with Crippen LogP contribution in [-0.4, -0.2) is 69.3 Å². The Labute approximate surface area is 236 Å². The molecule has 1 heterocycles. The van der Waals surface area contributed by atoms with Gasteiger partial charge in [-0.15, -0.1) is 0 Å². The molecule has 1 aliphatic heterocycles. The average Bonchev–Trinajstić information content (AvgIpc) is 3.17. The van der Waals surface area contributed by atoms with E-state index in [4.69, 9.17) is 9.47 Å². The van der Waals surface area contributed by atoms with Crippen LogP contribution < -0.4 is 34.7 Å². The Hall–Kier alpha value is 0.230. The summed E-state index contributed by atoms with van der Waals surface area (Å²) in [6, 6.07) is 0. The first kappa shape index (κ1) is 29.2. The van der Waals surface area contributed by atoms with Crippen molar-refractivity contribution in [3.8, 4) is 0 Å². The van der Waals surface area contributed by atoms with Crippen LogP contribution >= 0.6 is 0 Å². The molecule has 200 valence electrons. The molecule has 0 radical (unpaired) electrons. The molecule has 8 nitrogen and oxygen atoms in total. The molecule has 0 aromatic heterocycles. The molecule has 1 saturated heterocycles. The van der Waals surface area contributed by atoms with Gasteiger partial charge in [0.15, 0.2) is 6.29 Å². The third-order valence-corrected chi connectivity index (χ3v) is 11.4. The number of ether oxygens (including phenoxy) is 2. The summed E-state index contributed by atoms with van der Waals surface area (Å²) in [4.78, 5) is 11.4. The van der Waals surface area contributed by atoms with Crippen molar-refractivity contribution in [1.29, 1.82) is 0 Å². The van der Waals surface area contributed by atoms with Gasteiger partial charge in [-0.3, -0.25) is 0 Å². The predicted molar refractivity (Wildman–Crippen MR) is 123 cm³/mol. The maximum absolute atomic E-state index is 11.4. The Kier molecular flexibility index (Phi) is 8.65. The fourth-order valence-electron chi connectivity index (χ4n) is 9.51. The molecule has 36 heavy (non-hydrogen) atoms. The van der Waals surface area contributed by atoms with Crippen molar-refractivity contribution < 1.29 is 69.4 Å². The molecule has 0 aromatic carbocycles. The van der Waals surface area contributed by atoms with Crippen LogP contribution in [0.15, 0.2) is 0 Å². The second kappa shape index (κ2) is 10.7. The molecule has 5 rings (SSSR count). The zero-order chi connectivity index (χ0) is 25.3. The second-order valence-electron chi connectivity index (χ2n) is 12.9. The van der Waals surface area contributed by atoms with E-state index >= 15 is 0 Å². The molecule has 9 heteroatoms. The van der Waals surface area contributed by atoms with E-state index in [-0.39, 0.29) is 53.1 Å². The molecule has 4 N–H and O–H groups in total. The van der Waals surface area contributed by atoms with Crippen LogP contribution in [-0.2, 0) is 14.3 Å². The molecule has 14 atom stereocenters. The van der Waals surface area contributed by atoms with Gasteiger partial charge < -0.3 is 39.8 Å². The monoisotopic (exact) mass is 518 g/mol. The van der Waals surface area contributed by atoms with Gasteiger partial charge >= 0.3 is 29.6 Å². The Morgan fingerprint density at radius 3 is 2.28 bits per heavy atom. The van der Waals surface area contributed by atoms with E-state index in [0.717, 1.165) is 38.5 Å². The zero-order valence-electron chi connectivity index (χ0n) is 22.2. The maximum Gasteiger partial charge on any atom is 1.00 e. The standard InChI is InChI=1S/C27H44O8.Na/c1-13(34-25-22(31)20(29)21(30)23(35-25)24(32)33)17-6-7-18-16-5-4-14-12-15(28)8-10-26(14,2)19(16)9-11-27(17,18)3;/h13-23,25,28-31H,4-12H2,1-3H3,(H,32,33);/q;+1/p-1/t13?,14?,15?,16?,17-,18?,19?,20?,21?,22?,23?,25?,26+,27-;/m1./s1. The SMILES string of the molecule is CC(OC1OC(C(=O)[O-])C(O)C(O)C1O)[C@H]1CCC2C3CCC4CC(O)CC[C@]4(C)C3CC[C@@]21C.[Na+]. The number of aliphatic hydroxyl groups is 4. The van der Waals surface area contributed by atoms with Crippen LogP contribution in [0.4, 0.5) is 0 Å². The van der Waals surface area contributed by atoms with Crippen molar-refractivity contribution in [2.45, 2.75) is 121 Å². The number of carboxylic acids is 1. The molecule has 5 aliphatic rings. The number of rotatable bonds is 4. The van der Waals surface area contributed by atoms with Crippen molar-refractivity contribution in [1.82, 2.24) is 0 Å². The van der Waals surface area contributed by atoms with E-state index in [1.807, 2.05) is 6.92 Å². The third kappa shape index (κ3) is 4.64. The van der Waals surface area contributed by atoms with Crippen LogP contribution in [0, 0.1) is 40.4 Å². The number of carbonyl (C=O) groups excluding carboxylic acids is 1. The summed E-state index contributed by atoms with van der Waals surface area (Å²) < 4.78 is 11.4. The number of carboxylic acid groups (broad SMARTS) is 1. The van der Waals surface area contributed by atoms with Crippen molar-refractivity contribution in [3.05, 3.63) is 0 Å². The first-order chi connectivity index (χ1) is 16.5. The van der Waals surface area contributed by atoms with E-state index in [1.54, 1.807) is 0 Å². The largest absolute Gasteiger partial charge is 1.00 e. The van der Waals surface area contributed by atoms with Crippen LogP contribution in [0.5, 0.6) is 0 Å². The maximum atomic E-state index is 11.4. The summed E-state index contributed by atoms with van der Waals surface area (Å²) in [5, 5.41) is 52.1. The van der Waals surface area contributed by atoms with Gasteiger partial charge in [-0.05, 0) is 105 Å². The topological polar surface area (TPSA) is 140 Å². The summed E-state index contributed by atoms with van der Waals surface area (Å²) in [5.41, 5.74) is 0.407. The van der Waals surface area contributed by atoms with Crippen molar-refractivity contribution in [3.63, 3.8) is 0 Å². The number of aliphatic carboxylic acids is 1. The molecular formula is C27H43NaO8. The van der Waals surface area contributed by atoms with E-state index < -0.39 is 36.7 Å². The van der Waals surface area contributed by atoms with Crippen LogP contribution in [0.25, 0.3) is 0 Å². The normalized spacial score (nSPS) is 53.4. The van der Waals surface area contributed by atoms with E-state index in [9.17, 15) is 30.3 Å². The molecule has 4 saturated carbocycles. The van der Waals surface area contributed by atoms with E-state index in [0.29, 0.717) is 29.1 Å². The molecule has 0 spiro atoms. The number of aliphatic hydroxyl groups excluding tert-OH is 4. The summed E-state index contributed by atoms with van der Waals surface area (Å²) in [7, 11) is 0. The third-order valence-electron chi connectivity index (χ3n) is 11.4. The van der Waals surface area contributed by atoms with Gasteiger partial charge in [-0.1, -0.05) is 13.8 Å². The molecule has 11 unspecified atom stereocenters. The predicted octanol–water partition coefficient (Wildman–Crippen LogP) is -2.03. The minimum absolute atomic E-state index is 0. The van der Waals surface area contributed by atoms with Gasteiger partial charge in [-0.25, -0.2) is 0 Å². The van der Waals surface area contributed by atoms with Gasteiger partial charge in [-0.2, -0.15) is 0 Å². The zero-order valence-corrected chi connectivity index (χ0v) is 24.2. The summed E-state index contributed by atoms with van der Waals surface area (Å²) in [5.74, 6) is 1.19. The first-order valence-corrected chi connectivity index (χ1v) is 13.7. The number of fused-ring (bicyclic) bond motifs is 5. The molecular weight excluding hydrogens is 475 g/mol. The van der Waals surface area contributed by atoms with Crippen LogP contribution in [0.1, 0.15) is 78.6 Å². The number of hydrogen-bond donors (Lipinski definition) is 4. The smallest absolute Gasteiger partial charge is 0.547 e. The van der Waals surface area contributed by atoms with Gasteiger partial charge in [0.25, 0.3) is 0 Å². The van der Waals surface area contributed by atoms with Crippen molar-refractivity contribution in [2.75, 3.05) is 0 Å². The van der Waals surface area contributed by atoms with Crippen molar-refractivity contribution in [2.24, 2.45) is 40.4 Å². The molecule has 0 amide bonds. The fraction of sp³-hybridized carbons (Fsp3) is 0.963. The Bertz CT molecular complexity index is 813. The summed E-state index contributed by atoms with van der Waals surface area (Å²) in [6.07, 6.45) is 1.32. The van der Waals surface area contributed by atoms with Gasteiger partial charge in [0.2, 0.25) is 0 Å². The van der Waals surface area contributed by atoms with Crippen LogP contribution in [0.3, 0.4) is 0 Å². The van der Waals surface area contributed by atoms with Gasteiger partial charge in [0, 0.05) is 0 Å². The molecule has 4 aliphatic carbocycles. The second-order valence-corrected chi connectivity index (χ2v) is 12.9. The number of hydrogen-bond acceptors (Lipinski definition) is 8. The number of carbonyl (C=O) groups is 1. The Balaban J connectivity index is 0.00000304. The fourth-order valence-corrected chi connectivity index (χ4v) is 9.51. The van der Waals surface area contributed by atoms with E-state index in [2.05, 4.69) is 13.8 Å². The molecule has 0 aromatic rings. The molecule has 0 bridgehead atoms. The summed E-state index contributed by atoms with van der Waals surface area (Å²) >= 11 is 0. The van der Waals surface area contributed by atoms with Gasteiger partial charge in [0.05, 0.1) is 18.2 Å². The Morgan fingerprint density at radius 1 is 0.917 bits per heavy atom. The minimum atomic E-state index is -1.77. The molecule has 5 fully saturated rings. The van der Waals surface area contributed by atoms with Crippen molar-refractivity contribution >= 4 is 5.97 Å². The summed E-state index contributed by atoms with van der Waals surface area (Å²) in [6.45, 7) is 6.81. The quantitative estimate of drug-likeness (QED) is 0.313. The Morgan fingerprint density at radius 2 is 1.58 bits per heavy atom. The van der Waals surface area contributed by atoms with Crippen LogP contribution in [0.2, 0.25) is 0 Å².